The van der Waals surface area contributed by atoms with Crippen LogP contribution in [0.2, 0.25) is 0 Å². The van der Waals surface area contributed by atoms with E-state index in [0.29, 0.717) is 12.2 Å². The molecular weight excluding hydrogens is 331 g/mol. The molecule has 2 aromatic carbocycles. The highest BCUT2D eigenvalue weighted by Crippen LogP contribution is 2.19. The SMILES string of the molecule is CN1CCN(c2ccc(NC(=O)CCNc3ccccc3F)cc2)CC1. The molecular formula is C20H25FN4O. The molecule has 1 aliphatic heterocycles. The van der Waals surface area contributed by atoms with Gasteiger partial charge in [0.2, 0.25) is 5.91 Å². The van der Waals surface area contributed by atoms with Crippen molar-refractivity contribution in [1.29, 1.82) is 0 Å². The van der Waals surface area contributed by atoms with Crippen LogP contribution < -0.4 is 15.5 Å². The third-order valence-electron chi connectivity index (χ3n) is 4.56. The van der Waals surface area contributed by atoms with Gasteiger partial charge in [0.15, 0.2) is 0 Å². The highest BCUT2D eigenvalue weighted by Gasteiger charge is 2.14. The van der Waals surface area contributed by atoms with Crippen molar-refractivity contribution in [2.45, 2.75) is 6.42 Å². The first-order valence-electron chi connectivity index (χ1n) is 8.93. The number of likely N-dealkylation sites (N-methyl/N-ethyl adjacent to an activating group) is 1. The standard InChI is InChI=1S/C20H25FN4O/c1-24-12-14-25(15-13-24)17-8-6-16(7-9-17)23-20(26)10-11-22-19-5-3-2-4-18(19)21/h2-9,22H,10-15H2,1H3,(H,23,26). The monoisotopic (exact) mass is 356 g/mol. The molecule has 26 heavy (non-hydrogen) atoms. The van der Waals surface area contributed by atoms with Crippen molar-refractivity contribution in [1.82, 2.24) is 4.90 Å². The summed E-state index contributed by atoms with van der Waals surface area (Å²) in [6.45, 7) is 4.54. The van der Waals surface area contributed by atoms with E-state index >= 15 is 0 Å². The van der Waals surface area contributed by atoms with Crippen LogP contribution in [0.15, 0.2) is 48.5 Å². The molecule has 0 bridgehead atoms. The van der Waals surface area contributed by atoms with Gasteiger partial charge in [-0.05, 0) is 43.4 Å². The molecule has 0 atom stereocenters. The Morgan fingerprint density at radius 1 is 1.04 bits per heavy atom. The first-order chi connectivity index (χ1) is 12.6. The Kier molecular flexibility index (Phi) is 6.07. The Morgan fingerprint density at radius 3 is 2.42 bits per heavy atom. The van der Waals surface area contributed by atoms with Crippen molar-refractivity contribution in [2.75, 3.05) is 55.3 Å². The van der Waals surface area contributed by atoms with Crippen LogP contribution in [0.25, 0.3) is 0 Å². The summed E-state index contributed by atoms with van der Waals surface area (Å²) in [6, 6.07) is 14.4. The van der Waals surface area contributed by atoms with Gasteiger partial charge >= 0.3 is 0 Å². The van der Waals surface area contributed by atoms with Gasteiger partial charge in [-0.15, -0.1) is 0 Å². The Hall–Kier alpha value is -2.60. The van der Waals surface area contributed by atoms with Gasteiger partial charge in [-0.2, -0.15) is 0 Å². The zero-order valence-corrected chi connectivity index (χ0v) is 15.0. The van der Waals surface area contributed by atoms with E-state index in [0.717, 1.165) is 31.9 Å². The van der Waals surface area contributed by atoms with Crippen LogP contribution in [0.5, 0.6) is 0 Å². The summed E-state index contributed by atoms with van der Waals surface area (Å²) in [7, 11) is 2.14. The molecule has 0 saturated carbocycles. The zero-order chi connectivity index (χ0) is 18.4. The molecule has 0 aromatic heterocycles. The second kappa shape index (κ2) is 8.67. The maximum atomic E-state index is 13.5. The number of amides is 1. The Bertz CT molecular complexity index is 727. The summed E-state index contributed by atoms with van der Waals surface area (Å²) >= 11 is 0. The number of benzene rings is 2. The molecule has 2 N–H and O–H groups in total. The summed E-state index contributed by atoms with van der Waals surface area (Å²) in [6.07, 6.45) is 0.272. The minimum Gasteiger partial charge on any atom is -0.382 e. The molecule has 5 nitrogen and oxygen atoms in total. The molecule has 0 radical (unpaired) electrons. The number of piperazine rings is 1. The van der Waals surface area contributed by atoms with Gasteiger partial charge in [-0.3, -0.25) is 4.79 Å². The molecule has 1 aliphatic rings. The zero-order valence-electron chi connectivity index (χ0n) is 15.0. The minimum absolute atomic E-state index is 0.0961. The molecule has 0 unspecified atom stereocenters. The van der Waals surface area contributed by atoms with E-state index in [9.17, 15) is 9.18 Å². The van der Waals surface area contributed by atoms with Crippen molar-refractivity contribution in [2.24, 2.45) is 0 Å². The number of carbonyl (C=O) groups excluding carboxylic acids is 1. The Morgan fingerprint density at radius 2 is 1.73 bits per heavy atom. The van der Waals surface area contributed by atoms with Crippen molar-refractivity contribution in [3.63, 3.8) is 0 Å². The first-order valence-corrected chi connectivity index (χ1v) is 8.93. The van der Waals surface area contributed by atoms with E-state index in [1.165, 1.54) is 11.8 Å². The summed E-state index contributed by atoms with van der Waals surface area (Å²) in [5.41, 5.74) is 2.37. The maximum absolute atomic E-state index is 13.5. The summed E-state index contributed by atoms with van der Waals surface area (Å²) in [4.78, 5) is 16.7. The van der Waals surface area contributed by atoms with Crippen LogP contribution in [-0.4, -0.2) is 50.6 Å². The quantitative estimate of drug-likeness (QED) is 0.835. The molecule has 1 amide bonds. The van der Waals surface area contributed by atoms with Crippen molar-refractivity contribution in [3.05, 3.63) is 54.3 Å². The summed E-state index contributed by atoms with van der Waals surface area (Å²) < 4.78 is 13.5. The average Bonchev–Trinajstić information content (AvgIpc) is 2.65. The number of anilines is 3. The van der Waals surface area contributed by atoms with Crippen molar-refractivity contribution in [3.8, 4) is 0 Å². The van der Waals surface area contributed by atoms with Crippen LogP contribution in [-0.2, 0) is 4.79 Å². The van der Waals surface area contributed by atoms with Gasteiger partial charge in [0.1, 0.15) is 5.82 Å². The van der Waals surface area contributed by atoms with E-state index in [-0.39, 0.29) is 18.1 Å². The number of halogens is 1. The highest BCUT2D eigenvalue weighted by molar-refractivity contribution is 5.91. The largest absolute Gasteiger partial charge is 0.382 e. The lowest BCUT2D eigenvalue weighted by molar-refractivity contribution is -0.115. The number of hydrogen-bond donors (Lipinski definition) is 2. The van der Waals surface area contributed by atoms with Gasteiger partial charge in [0.05, 0.1) is 5.69 Å². The number of nitrogens with one attached hydrogen (secondary N) is 2. The van der Waals surface area contributed by atoms with Crippen LogP contribution in [0.3, 0.4) is 0 Å². The van der Waals surface area contributed by atoms with E-state index < -0.39 is 0 Å². The molecule has 0 spiro atoms. The smallest absolute Gasteiger partial charge is 0.226 e. The van der Waals surface area contributed by atoms with Gasteiger partial charge < -0.3 is 20.4 Å². The molecule has 2 aromatic rings. The number of para-hydroxylation sites is 1. The van der Waals surface area contributed by atoms with Crippen molar-refractivity contribution >= 4 is 23.0 Å². The molecule has 0 aliphatic carbocycles. The third-order valence-corrected chi connectivity index (χ3v) is 4.56. The fourth-order valence-corrected chi connectivity index (χ4v) is 2.96. The number of rotatable bonds is 6. The lowest BCUT2D eigenvalue weighted by Gasteiger charge is -2.34. The predicted molar refractivity (Wildman–Crippen MR) is 104 cm³/mol. The van der Waals surface area contributed by atoms with E-state index in [2.05, 4.69) is 27.5 Å². The van der Waals surface area contributed by atoms with Gasteiger partial charge in [-0.25, -0.2) is 4.39 Å². The highest BCUT2D eigenvalue weighted by atomic mass is 19.1. The van der Waals surface area contributed by atoms with E-state index in [4.69, 9.17) is 0 Å². The van der Waals surface area contributed by atoms with Gasteiger partial charge in [0.25, 0.3) is 0 Å². The molecule has 3 rings (SSSR count). The van der Waals surface area contributed by atoms with Crippen LogP contribution in [0.1, 0.15) is 6.42 Å². The molecule has 1 fully saturated rings. The number of nitrogens with zero attached hydrogens (tertiary/aromatic N) is 2. The normalized spacial score (nSPS) is 14.9. The fourth-order valence-electron chi connectivity index (χ4n) is 2.96. The summed E-state index contributed by atoms with van der Waals surface area (Å²) in [5, 5.41) is 5.82. The second-order valence-corrected chi connectivity index (χ2v) is 6.54. The fraction of sp³-hybridized carbons (Fsp3) is 0.350. The molecule has 6 heteroatoms. The number of hydrogen-bond acceptors (Lipinski definition) is 4. The lowest BCUT2D eigenvalue weighted by atomic mass is 10.2. The van der Waals surface area contributed by atoms with Gasteiger partial charge in [0, 0.05) is 50.5 Å². The van der Waals surface area contributed by atoms with Crippen molar-refractivity contribution < 1.29 is 9.18 Å². The average molecular weight is 356 g/mol. The van der Waals surface area contributed by atoms with Crippen LogP contribution >= 0.6 is 0 Å². The topological polar surface area (TPSA) is 47.6 Å². The predicted octanol–water partition coefficient (Wildman–Crippen LogP) is 3.02. The Balaban J connectivity index is 1.45. The molecule has 138 valence electrons. The number of carbonyl (C=O) groups is 1. The van der Waals surface area contributed by atoms with Crippen LogP contribution in [0.4, 0.5) is 21.5 Å². The second-order valence-electron chi connectivity index (χ2n) is 6.54. The first kappa shape index (κ1) is 18.2. The minimum atomic E-state index is -0.313. The van der Waals surface area contributed by atoms with Gasteiger partial charge in [-0.1, -0.05) is 12.1 Å². The molecule has 1 heterocycles. The molecule has 1 saturated heterocycles. The van der Waals surface area contributed by atoms with E-state index in [1.54, 1.807) is 18.2 Å². The Labute approximate surface area is 153 Å². The summed E-state index contributed by atoms with van der Waals surface area (Å²) in [5.74, 6) is -0.409. The van der Waals surface area contributed by atoms with Crippen LogP contribution in [0, 0.1) is 5.82 Å². The maximum Gasteiger partial charge on any atom is 0.226 e. The third kappa shape index (κ3) is 4.95. The lowest BCUT2D eigenvalue weighted by Crippen LogP contribution is -2.44. The van der Waals surface area contributed by atoms with E-state index in [1.807, 2.05) is 24.3 Å².